The molecule has 0 radical (unpaired) electrons. The number of hydrogen-bond acceptors (Lipinski definition) is 6. The van der Waals surface area contributed by atoms with E-state index in [0.717, 1.165) is 36.0 Å². The molecule has 0 saturated carbocycles. The van der Waals surface area contributed by atoms with E-state index in [1.165, 1.54) is 0 Å². The minimum absolute atomic E-state index is 0.0707. The topological polar surface area (TPSA) is 90.3 Å². The molecular weight excluding hydrogens is 418 g/mol. The number of benzene rings is 1. The van der Waals surface area contributed by atoms with Crippen molar-refractivity contribution in [2.45, 2.75) is 39.0 Å². The second-order valence-corrected chi connectivity index (χ2v) is 7.82. The SMILES string of the molecule is CCn1ncc2c(NCc3ccc(OC)c(Cl)c3)c(C(=O)NC[C@@H]3CCCO3)cnc21. The zero-order valence-electron chi connectivity index (χ0n) is 17.7. The van der Waals surface area contributed by atoms with Crippen molar-refractivity contribution in [2.75, 3.05) is 25.6 Å². The third-order valence-electron chi connectivity index (χ3n) is 5.41. The van der Waals surface area contributed by atoms with Crippen LogP contribution in [-0.2, 0) is 17.8 Å². The summed E-state index contributed by atoms with van der Waals surface area (Å²) in [6.45, 7) is 4.41. The average molecular weight is 444 g/mol. The highest BCUT2D eigenvalue weighted by molar-refractivity contribution is 6.32. The number of aromatic nitrogens is 3. The number of amides is 1. The van der Waals surface area contributed by atoms with Crippen LogP contribution >= 0.6 is 11.6 Å². The van der Waals surface area contributed by atoms with E-state index in [2.05, 4.69) is 20.7 Å². The Hall–Kier alpha value is -2.84. The molecule has 1 amide bonds. The Kier molecular flexibility index (Phi) is 6.58. The number of pyridine rings is 1. The highest BCUT2D eigenvalue weighted by Crippen LogP contribution is 2.29. The van der Waals surface area contributed by atoms with Crippen LogP contribution in [0.25, 0.3) is 11.0 Å². The minimum Gasteiger partial charge on any atom is -0.495 e. The molecule has 31 heavy (non-hydrogen) atoms. The molecule has 4 rings (SSSR count). The number of ether oxygens (including phenoxy) is 2. The molecule has 0 bridgehead atoms. The van der Waals surface area contributed by atoms with E-state index in [4.69, 9.17) is 21.1 Å². The largest absolute Gasteiger partial charge is 0.495 e. The number of hydrogen-bond donors (Lipinski definition) is 2. The first-order valence-corrected chi connectivity index (χ1v) is 10.8. The number of fused-ring (bicyclic) bond motifs is 1. The van der Waals surface area contributed by atoms with Crippen molar-refractivity contribution in [3.8, 4) is 5.75 Å². The number of nitrogens with one attached hydrogen (secondary N) is 2. The van der Waals surface area contributed by atoms with Gasteiger partial charge in [-0.15, -0.1) is 0 Å². The van der Waals surface area contributed by atoms with Crippen LogP contribution in [0.3, 0.4) is 0 Å². The van der Waals surface area contributed by atoms with Gasteiger partial charge in [0.2, 0.25) is 0 Å². The third-order valence-corrected chi connectivity index (χ3v) is 5.71. The molecule has 9 heteroatoms. The summed E-state index contributed by atoms with van der Waals surface area (Å²) in [6.07, 6.45) is 5.41. The summed E-state index contributed by atoms with van der Waals surface area (Å²) in [5.41, 5.74) is 2.86. The minimum atomic E-state index is -0.190. The van der Waals surface area contributed by atoms with Gasteiger partial charge in [-0.25, -0.2) is 9.67 Å². The zero-order valence-corrected chi connectivity index (χ0v) is 18.4. The van der Waals surface area contributed by atoms with Crippen LogP contribution in [0.5, 0.6) is 5.75 Å². The second-order valence-electron chi connectivity index (χ2n) is 7.41. The summed E-state index contributed by atoms with van der Waals surface area (Å²) in [5, 5.41) is 12.1. The fourth-order valence-corrected chi connectivity index (χ4v) is 4.02. The highest BCUT2D eigenvalue weighted by Gasteiger charge is 2.21. The summed E-state index contributed by atoms with van der Waals surface area (Å²) in [5.74, 6) is 0.430. The first kappa shape index (κ1) is 21.4. The van der Waals surface area contributed by atoms with Crippen LogP contribution in [-0.4, -0.2) is 47.0 Å². The number of carbonyl (C=O) groups is 1. The van der Waals surface area contributed by atoms with Gasteiger partial charge in [0, 0.05) is 32.4 Å². The normalized spacial score (nSPS) is 15.9. The van der Waals surface area contributed by atoms with Crippen molar-refractivity contribution in [3.63, 3.8) is 0 Å². The summed E-state index contributed by atoms with van der Waals surface area (Å²) in [6, 6.07) is 5.60. The predicted octanol–water partition coefficient (Wildman–Crippen LogP) is 3.63. The quantitative estimate of drug-likeness (QED) is 0.552. The zero-order chi connectivity index (χ0) is 21.8. The number of nitrogens with zero attached hydrogens (tertiary/aromatic N) is 3. The number of carbonyl (C=O) groups excluding carboxylic acids is 1. The van der Waals surface area contributed by atoms with E-state index in [0.29, 0.717) is 41.7 Å². The van der Waals surface area contributed by atoms with Gasteiger partial charge in [-0.05, 0) is 37.5 Å². The summed E-state index contributed by atoms with van der Waals surface area (Å²) in [4.78, 5) is 17.5. The summed E-state index contributed by atoms with van der Waals surface area (Å²) < 4.78 is 12.6. The van der Waals surface area contributed by atoms with Gasteiger partial charge >= 0.3 is 0 Å². The van der Waals surface area contributed by atoms with Crippen molar-refractivity contribution in [3.05, 3.63) is 46.7 Å². The van der Waals surface area contributed by atoms with Crippen LogP contribution in [0.15, 0.2) is 30.6 Å². The number of anilines is 1. The molecule has 0 aliphatic carbocycles. The van der Waals surface area contributed by atoms with Crippen molar-refractivity contribution in [1.82, 2.24) is 20.1 Å². The molecule has 2 N–H and O–H groups in total. The Balaban J connectivity index is 1.60. The molecule has 1 aromatic carbocycles. The number of halogens is 1. The molecule has 0 unspecified atom stereocenters. The van der Waals surface area contributed by atoms with Crippen molar-refractivity contribution < 1.29 is 14.3 Å². The van der Waals surface area contributed by atoms with E-state index in [-0.39, 0.29) is 12.0 Å². The molecule has 0 spiro atoms. The lowest BCUT2D eigenvalue weighted by atomic mass is 10.1. The van der Waals surface area contributed by atoms with Crippen LogP contribution in [0, 0.1) is 0 Å². The van der Waals surface area contributed by atoms with Crippen LogP contribution in [0.1, 0.15) is 35.7 Å². The van der Waals surface area contributed by atoms with Gasteiger partial charge in [0.15, 0.2) is 5.65 Å². The van der Waals surface area contributed by atoms with Crippen LogP contribution in [0.2, 0.25) is 5.02 Å². The fourth-order valence-electron chi connectivity index (χ4n) is 3.74. The molecule has 1 aliphatic heterocycles. The van der Waals surface area contributed by atoms with E-state index in [1.54, 1.807) is 24.2 Å². The molecule has 2 aromatic heterocycles. The molecule has 1 aliphatic rings. The van der Waals surface area contributed by atoms with Gasteiger partial charge in [0.05, 0.1) is 41.1 Å². The monoisotopic (exact) mass is 443 g/mol. The lowest BCUT2D eigenvalue weighted by Gasteiger charge is -2.15. The number of aryl methyl sites for hydroxylation is 1. The lowest BCUT2D eigenvalue weighted by molar-refractivity contribution is 0.0858. The van der Waals surface area contributed by atoms with Gasteiger partial charge in [-0.1, -0.05) is 17.7 Å². The Bertz CT molecular complexity index is 1080. The molecule has 1 atom stereocenters. The average Bonchev–Trinajstić information content (AvgIpc) is 3.45. The van der Waals surface area contributed by atoms with Gasteiger partial charge in [-0.2, -0.15) is 5.10 Å². The Morgan fingerprint density at radius 1 is 1.39 bits per heavy atom. The number of methoxy groups -OCH3 is 1. The van der Waals surface area contributed by atoms with Crippen molar-refractivity contribution in [2.24, 2.45) is 0 Å². The standard InChI is InChI=1S/C22H26ClN5O3/c1-3-28-21-16(13-27-28)20(24-10-14-6-7-19(30-2)18(23)9-14)17(12-25-21)22(29)26-11-15-5-4-8-31-15/h6-7,9,12-13,15H,3-5,8,10-11H2,1-2H3,(H,24,25)(H,26,29)/t15-/m0/s1. The van der Waals surface area contributed by atoms with E-state index >= 15 is 0 Å². The van der Waals surface area contributed by atoms with Crippen LogP contribution < -0.4 is 15.4 Å². The van der Waals surface area contributed by atoms with Gasteiger partial charge in [0.25, 0.3) is 5.91 Å². The van der Waals surface area contributed by atoms with Crippen molar-refractivity contribution >= 4 is 34.2 Å². The molecule has 8 nitrogen and oxygen atoms in total. The summed E-state index contributed by atoms with van der Waals surface area (Å²) >= 11 is 6.26. The molecule has 1 saturated heterocycles. The maximum Gasteiger partial charge on any atom is 0.255 e. The van der Waals surface area contributed by atoms with E-state index in [9.17, 15) is 4.79 Å². The van der Waals surface area contributed by atoms with Gasteiger partial charge in [0.1, 0.15) is 5.75 Å². The smallest absolute Gasteiger partial charge is 0.255 e. The molecule has 3 aromatic rings. The number of rotatable bonds is 8. The van der Waals surface area contributed by atoms with Gasteiger partial charge < -0.3 is 20.1 Å². The van der Waals surface area contributed by atoms with E-state index < -0.39 is 0 Å². The Labute approximate surface area is 185 Å². The first-order chi connectivity index (χ1) is 15.1. The van der Waals surface area contributed by atoms with Crippen molar-refractivity contribution in [1.29, 1.82) is 0 Å². The second kappa shape index (κ2) is 9.53. The summed E-state index contributed by atoms with van der Waals surface area (Å²) in [7, 11) is 1.58. The fraction of sp³-hybridized carbons (Fsp3) is 0.409. The van der Waals surface area contributed by atoms with Crippen LogP contribution in [0.4, 0.5) is 5.69 Å². The van der Waals surface area contributed by atoms with E-state index in [1.807, 2.05) is 25.1 Å². The maximum atomic E-state index is 13.0. The first-order valence-electron chi connectivity index (χ1n) is 10.4. The highest BCUT2D eigenvalue weighted by atomic mass is 35.5. The predicted molar refractivity (Wildman–Crippen MR) is 120 cm³/mol. The molecule has 1 fully saturated rings. The Morgan fingerprint density at radius 2 is 2.26 bits per heavy atom. The van der Waals surface area contributed by atoms with Gasteiger partial charge in [-0.3, -0.25) is 4.79 Å². The Morgan fingerprint density at radius 3 is 2.97 bits per heavy atom. The lowest BCUT2D eigenvalue weighted by Crippen LogP contribution is -2.32. The maximum absolute atomic E-state index is 13.0. The molecular formula is C22H26ClN5O3. The third kappa shape index (κ3) is 4.60. The molecule has 3 heterocycles. The molecule has 164 valence electrons.